The maximum Gasteiger partial charge on any atom is 0.314 e. The van der Waals surface area contributed by atoms with Gasteiger partial charge in [-0.15, -0.1) is 0 Å². The first kappa shape index (κ1) is 17.8. The van der Waals surface area contributed by atoms with Crippen molar-refractivity contribution in [1.29, 1.82) is 0 Å². The van der Waals surface area contributed by atoms with Crippen molar-refractivity contribution in [2.75, 3.05) is 13.1 Å². The van der Waals surface area contributed by atoms with E-state index in [2.05, 4.69) is 17.6 Å². The number of rotatable bonds is 7. The van der Waals surface area contributed by atoms with E-state index in [0.717, 1.165) is 18.8 Å². The Morgan fingerprint density at radius 3 is 2.24 bits per heavy atom. The lowest BCUT2D eigenvalue weighted by atomic mass is 9.81. The Labute approximate surface area is 126 Å². The molecule has 0 radical (unpaired) electrons. The van der Waals surface area contributed by atoms with E-state index in [0.29, 0.717) is 12.5 Å². The normalized spacial score (nSPS) is 24.9. The fraction of sp³-hybridized carbons (Fsp3) is 0.867. The summed E-state index contributed by atoms with van der Waals surface area (Å²) >= 11 is 0. The number of hydrogen-bond donors (Lipinski definition) is 4. The van der Waals surface area contributed by atoms with Gasteiger partial charge in [0.2, 0.25) is 0 Å². The minimum absolute atomic E-state index is 0.0757. The van der Waals surface area contributed by atoms with Gasteiger partial charge in [0.1, 0.15) is 0 Å². The van der Waals surface area contributed by atoms with Crippen LogP contribution in [0, 0.1) is 11.8 Å². The number of urea groups is 1. The van der Waals surface area contributed by atoms with E-state index >= 15 is 0 Å². The maximum absolute atomic E-state index is 11.7. The number of carboxylic acid groups (broad SMARTS) is 1. The Bertz CT molecular complexity index is 350. The van der Waals surface area contributed by atoms with Crippen LogP contribution in [0.25, 0.3) is 0 Å². The zero-order valence-electron chi connectivity index (χ0n) is 13.0. The Morgan fingerprint density at radius 1 is 1.14 bits per heavy atom. The molecule has 6 nitrogen and oxygen atoms in total. The summed E-state index contributed by atoms with van der Waals surface area (Å²) in [6.45, 7) is 4.18. The van der Waals surface area contributed by atoms with Crippen LogP contribution in [0.5, 0.6) is 0 Å². The summed E-state index contributed by atoms with van der Waals surface area (Å²) < 4.78 is 0. The topological polar surface area (TPSA) is 98.7 Å². The van der Waals surface area contributed by atoms with Crippen LogP contribution in [0.1, 0.15) is 52.4 Å². The molecule has 122 valence electrons. The number of hydrogen-bond acceptors (Lipinski definition) is 3. The number of carbonyl (C=O) groups excluding carboxylic acids is 1. The minimum atomic E-state index is -1.43. The molecular formula is C15H28N2O4. The Morgan fingerprint density at radius 2 is 1.71 bits per heavy atom. The van der Waals surface area contributed by atoms with E-state index in [1.54, 1.807) is 0 Å². The summed E-state index contributed by atoms with van der Waals surface area (Å²) in [5, 5.41) is 23.8. The molecule has 1 aliphatic carbocycles. The predicted molar refractivity (Wildman–Crippen MR) is 80.0 cm³/mol. The summed E-state index contributed by atoms with van der Waals surface area (Å²) in [6.07, 6.45) is 5.61. The van der Waals surface area contributed by atoms with Crippen molar-refractivity contribution in [3.05, 3.63) is 0 Å². The van der Waals surface area contributed by atoms with Gasteiger partial charge >= 0.3 is 12.0 Å². The molecular weight excluding hydrogens is 272 g/mol. The van der Waals surface area contributed by atoms with Gasteiger partial charge in [-0.05, 0) is 31.6 Å². The zero-order chi connectivity index (χ0) is 15.9. The molecule has 1 aliphatic rings. The Kier molecular flexibility index (Phi) is 6.95. The second-order valence-electron chi connectivity index (χ2n) is 6.43. The zero-order valence-corrected chi connectivity index (χ0v) is 13.0. The van der Waals surface area contributed by atoms with Crippen LogP contribution < -0.4 is 10.6 Å². The highest BCUT2D eigenvalue weighted by molar-refractivity contribution is 5.74. The highest BCUT2D eigenvalue weighted by atomic mass is 16.4. The molecule has 6 heteroatoms. The first-order valence-corrected chi connectivity index (χ1v) is 7.78. The molecule has 0 aliphatic heterocycles. The van der Waals surface area contributed by atoms with Crippen LogP contribution in [0.3, 0.4) is 0 Å². The van der Waals surface area contributed by atoms with Crippen LogP contribution in [0.15, 0.2) is 0 Å². The van der Waals surface area contributed by atoms with E-state index < -0.39 is 18.0 Å². The van der Waals surface area contributed by atoms with Gasteiger partial charge in [-0.2, -0.15) is 0 Å². The quantitative estimate of drug-likeness (QED) is 0.575. The summed E-state index contributed by atoms with van der Waals surface area (Å²) in [5.74, 6) is 0.272. The molecule has 4 N–H and O–H groups in total. The molecule has 1 saturated carbocycles. The molecule has 0 bridgehead atoms. The molecule has 21 heavy (non-hydrogen) atoms. The number of aliphatic hydroxyl groups is 1. The molecule has 1 fully saturated rings. The minimum Gasteiger partial charge on any atom is -0.481 e. The van der Waals surface area contributed by atoms with Gasteiger partial charge in [-0.1, -0.05) is 26.2 Å². The average molecular weight is 300 g/mol. The van der Waals surface area contributed by atoms with Crippen molar-refractivity contribution in [2.45, 2.75) is 58.0 Å². The Balaban J connectivity index is 2.18. The van der Waals surface area contributed by atoms with Crippen molar-refractivity contribution in [3.63, 3.8) is 0 Å². The fourth-order valence-electron chi connectivity index (χ4n) is 2.80. The number of nitrogens with one attached hydrogen (secondary N) is 2. The van der Waals surface area contributed by atoms with Gasteiger partial charge in [0.25, 0.3) is 0 Å². The Hall–Kier alpha value is -1.30. The van der Waals surface area contributed by atoms with E-state index in [9.17, 15) is 14.7 Å². The van der Waals surface area contributed by atoms with E-state index in [-0.39, 0.29) is 12.6 Å². The summed E-state index contributed by atoms with van der Waals surface area (Å²) in [6, 6.07) is -0.349. The molecule has 0 saturated heterocycles. The van der Waals surface area contributed by atoms with E-state index in [1.807, 2.05) is 0 Å². The summed E-state index contributed by atoms with van der Waals surface area (Å²) in [4.78, 5) is 22.2. The summed E-state index contributed by atoms with van der Waals surface area (Å²) in [7, 11) is 0. The third-order valence-electron chi connectivity index (χ3n) is 4.26. The van der Waals surface area contributed by atoms with E-state index in [1.165, 1.54) is 26.2 Å². The summed E-state index contributed by atoms with van der Waals surface area (Å²) in [5.41, 5.74) is -1.43. The van der Waals surface area contributed by atoms with Crippen molar-refractivity contribution >= 4 is 12.0 Å². The van der Waals surface area contributed by atoms with Gasteiger partial charge in [0.05, 0.1) is 12.0 Å². The van der Waals surface area contributed by atoms with Crippen LogP contribution in [-0.4, -0.2) is 40.9 Å². The fourth-order valence-corrected chi connectivity index (χ4v) is 2.80. The molecule has 1 atom stereocenters. The number of aliphatic carboxylic acids is 1. The van der Waals surface area contributed by atoms with Crippen LogP contribution in [0.2, 0.25) is 0 Å². The standard InChI is InChI=1S/C15H28N2O4/c1-3-11-4-6-12(7-5-11)9-16-14(20)17-10-15(2,21)8-13(18)19/h11-12,21H,3-10H2,1-2H3,(H,18,19)(H2,16,17,20). The first-order chi connectivity index (χ1) is 9.82. The lowest BCUT2D eigenvalue weighted by Crippen LogP contribution is -2.46. The van der Waals surface area contributed by atoms with Crippen molar-refractivity contribution in [1.82, 2.24) is 10.6 Å². The van der Waals surface area contributed by atoms with Gasteiger partial charge in [0, 0.05) is 13.1 Å². The van der Waals surface area contributed by atoms with Crippen LogP contribution in [-0.2, 0) is 4.79 Å². The van der Waals surface area contributed by atoms with Crippen molar-refractivity contribution in [3.8, 4) is 0 Å². The second-order valence-corrected chi connectivity index (χ2v) is 6.43. The number of amides is 2. The van der Waals surface area contributed by atoms with Gasteiger partial charge in [-0.3, -0.25) is 4.79 Å². The average Bonchev–Trinajstić information content (AvgIpc) is 2.42. The second kappa shape index (κ2) is 8.22. The van der Waals surface area contributed by atoms with E-state index in [4.69, 9.17) is 5.11 Å². The molecule has 0 aromatic carbocycles. The molecule has 0 aromatic heterocycles. The monoisotopic (exact) mass is 300 g/mol. The van der Waals surface area contributed by atoms with Gasteiger partial charge in [0.15, 0.2) is 0 Å². The van der Waals surface area contributed by atoms with Crippen LogP contribution >= 0.6 is 0 Å². The third kappa shape index (κ3) is 7.32. The molecule has 0 aromatic rings. The number of carbonyl (C=O) groups is 2. The predicted octanol–water partition coefficient (Wildman–Crippen LogP) is 1.73. The van der Waals surface area contributed by atoms with Gasteiger partial charge in [-0.25, -0.2) is 4.79 Å². The SMILES string of the molecule is CCC1CCC(CNC(=O)NCC(C)(O)CC(=O)O)CC1. The maximum atomic E-state index is 11.7. The molecule has 2 amide bonds. The molecule has 0 spiro atoms. The highest BCUT2D eigenvalue weighted by Gasteiger charge is 2.25. The van der Waals surface area contributed by atoms with Crippen LogP contribution in [0.4, 0.5) is 4.79 Å². The highest BCUT2D eigenvalue weighted by Crippen LogP contribution is 2.29. The lowest BCUT2D eigenvalue weighted by molar-refractivity contribution is -0.141. The third-order valence-corrected chi connectivity index (χ3v) is 4.26. The van der Waals surface area contributed by atoms with Gasteiger partial charge < -0.3 is 20.8 Å². The van der Waals surface area contributed by atoms with Crippen molar-refractivity contribution < 1.29 is 19.8 Å². The number of carboxylic acids is 1. The smallest absolute Gasteiger partial charge is 0.314 e. The van der Waals surface area contributed by atoms with Crippen molar-refractivity contribution in [2.24, 2.45) is 11.8 Å². The first-order valence-electron chi connectivity index (χ1n) is 7.78. The molecule has 1 rings (SSSR count). The lowest BCUT2D eigenvalue weighted by Gasteiger charge is -2.28. The largest absolute Gasteiger partial charge is 0.481 e. The molecule has 0 heterocycles. The molecule has 1 unspecified atom stereocenters.